The Balaban J connectivity index is 0.00000146. The van der Waals surface area contributed by atoms with Gasteiger partial charge >= 0.3 is 0 Å². The molecule has 24 heavy (non-hydrogen) atoms. The van der Waals surface area contributed by atoms with Crippen LogP contribution in [0.1, 0.15) is 25.3 Å². The van der Waals surface area contributed by atoms with E-state index in [0.29, 0.717) is 30.5 Å². The largest absolute Gasteiger partial charge is 1.00 e. The van der Waals surface area contributed by atoms with E-state index in [1.54, 1.807) is 5.57 Å². The second kappa shape index (κ2) is 5.45. The molecule has 130 valence electrons. The molecule has 0 aromatic heterocycles. The van der Waals surface area contributed by atoms with Crippen molar-refractivity contribution in [2.75, 3.05) is 32.1 Å². The van der Waals surface area contributed by atoms with Crippen LogP contribution in [0.15, 0.2) is 35.9 Å². The first-order valence-electron chi connectivity index (χ1n) is 9.10. The fraction of sp³-hybridized carbons (Fsp3) is 0.600. The molecule has 4 heteroatoms. The number of benzene rings is 1. The zero-order valence-electron chi connectivity index (χ0n) is 14.5. The molecule has 1 unspecified atom stereocenters. The van der Waals surface area contributed by atoms with Crippen LogP contribution in [0.2, 0.25) is 0 Å². The number of piperidine rings is 1. The van der Waals surface area contributed by atoms with Crippen LogP contribution in [-0.4, -0.2) is 48.4 Å². The van der Waals surface area contributed by atoms with Crippen LogP contribution in [0.3, 0.4) is 0 Å². The van der Waals surface area contributed by atoms with E-state index in [-0.39, 0.29) is 29.4 Å². The summed E-state index contributed by atoms with van der Waals surface area (Å²) < 4.78 is 1.20. The Labute approximate surface area is 161 Å². The predicted octanol–water partition coefficient (Wildman–Crippen LogP) is -0.470. The number of nitrogens with zero attached hydrogens (tertiary/aromatic N) is 1. The SMILES string of the molecule is C/C=C1\C[N+]2(C)CC[C@]34c5ccccc5N[C@H]3[C@@H](CO)[C@H]1C[C@H]42.[I-]. The Kier molecular flexibility index (Phi) is 3.83. The highest BCUT2D eigenvalue weighted by molar-refractivity contribution is 5.64. The lowest BCUT2D eigenvalue weighted by Crippen LogP contribution is -3.00. The van der Waals surface area contributed by atoms with E-state index < -0.39 is 0 Å². The molecule has 3 heterocycles. The number of aliphatic hydroxyl groups excluding tert-OH is 1. The Morgan fingerprint density at radius 1 is 1.38 bits per heavy atom. The lowest BCUT2D eigenvalue weighted by molar-refractivity contribution is -0.925. The molecule has 1 aromatic carbocycles. The number of nitrogens with one attached hydrogen (secondary N) is 1. The smallest absolute Gasteiger partial charge is 0.102 e. The second-order valence-electron chi connectivity index (χ2n) is 8.39. The molecule has 0 amide bonds. The standard InChI is InChI=1S/C20H27N2O.HI/c1-3-13-11-22(2)9-8-20-16-6-4-5-7-17(16)21-19(20)15(12-23)14(13)10-18(20)22;/h3-7,14-15,18-19,21,23H,8-12H2,1-2H3;1H/q+1;/p-1/b13-3+;/t14-,15-,18+,19-,20+,22?;/m0./s1. The zero-order chi connectivity index (χ0) is 15.8. The number of halogens is 1. The number of likely N-dealkylation sites (N-methyl/N-ethyl adjacent to an activating group) is 1. The Morgan fingerprint density at radius 3 is 2.92 bits per heavy atom. The molecule has 1 aromatic rings. The van der Waals surface area contributed by atoms with Gasteiger partial charge in [-0.3, -0.25) is 0 Å². The number of hydrogen-bond acceptors (Lipinski definition) is 2. The summed E-state index contributed by atoms with van der Waals surface area (Å²) in [6.45, 7) is 4.93. The highest BCUT2D eigenvalue weighted by Crippen LogP contribution is 2.62. The van der Waals surface area contributed by atoms with Crippen molar-refractivity contribution in [1.82, 2.24) is 0 Å². The van der Waals surface area contributed by atoms with Crippen LogP contribution in [0.4, 0.5) is 5.69 Å². The normalized spacial score (nSPS) is 46.0. The van der Waals surface area contributed by atoms with Gasteiger partial charge in [0.05, 0.1) is 19.0 Å². The number of para-hydroxylation sites is 1. The van der Waals surface area contributed by atoms with Gasteiger partial charge in [0.15, 0.2) is 0 Å². The van der Waals surface area contributed by atoms with E-state index >= 15 is 0 Å². The third kappa shape index (κ3) is 1.80. The van der Waals surface area contributed by atoms with Crippen molar-refractivity contribution in [3.05, 3.63) is 41.5 Å². The molecule has 2 bridgehead atoms. The van der Waals surface area contributed by atoms with Crippen LogP contribution in [0, 0.1) is 11.8 Å². The third-order valence-corrected chi connectivity index (χ3v) is 7.70. The van der Waals surface area contributed by atoms with E-state index in [0.717, 1.165) is 0 Å². The first-order chi connectivity index (χ1) is 11.1. The van der Waals surface area contributed by atoms with Crippen LogP contribution in [0.5, 0.6) is 0 Å². The van der Waals surface area contributed by atoms with Gasteiger partial charge in [0.2, 0.25) is 0 Å². The molecule has 0 radical (unpaired) electrons. The minimum atomic E-state index is 0. The summed E-state index contributed by atoms with van der Waals surface area (Å²) in [6, 6.07) is 10.0. The first-order valence-corrected chi connectivity index (χ1v) is 9.10. The molecule has 3 nitrogen and oxygen atoms in total. The Morgan fingerprint density at radius 2 is 2.17 bits per heavy atom. The van der Waals surface area contributed by atoms with Gasteiger partial charge in [-0.15, -0.1) is 0 Å². The van der Waals surface area contributed by atoms with Crippen molar-refractivity contribution in [1.29, 1.82) is 0 Å². The van der Waals surface area contributed by atoms with Gasteiger partial charge in [-0.2, -0.15) is 0 Å². The molecule has 1 saturated carbocycles. The van der Waals surface area contributed by atoms with Gasteiger partial charge in [0, 0.05) is 37.1 Å². The average molecular weight is 438 g/mol. The van der Waals surface area contributed by atoms with Crippen molar-refractivity contribution < 1.29 is 33.6 Å². The van der Waals surface area contributed by atoms with Crippen LogP contribution in [0.25, 0.3) is 0 Å². The average Bonchev–Trinajstić information content (AvgIpc) is 3.08. The van der Waals surface area contributed by atoms with Crippen molar-refractivity contribution >= 4 is 5.69 Å². The quantitative estimate of drug-likeness (QED) is 0.353. The molecule has 3 fully saturated rings. The van der Waals surface area contributed by atoms with Gasteiger partial charge < -0.3 is 38.9 Å². The molecule has 5 rings (SSSR count). The van der Waals surface area contributed by atoms with E-state index in [4.69, 9.17) is 0 Å². The molecular weight excluding hydrogens is 411 g/mol. The minimum Gasteiger partial charge on any atom is -1.00 e. The van der Waals surface area contributed by atoms with E-state index in [1.165, 1.54) is 41.7 Å². The summed E-state index contributed by atoms with van der Waals surface area (Å²) in [5, 5.41) is 14.1. The number of fused-ring (bicyclic) bond motifs is 2. The second-order valence-corrected chi connectivity index (χ2v) is 8.39. The molecule has 1 aliphatic carbocycles. The summed E-state index contributed by atoms with van der Waals surface area (Å²) in [6.07, 6.45) is 4.83. The summed E-state index contributed by atoms with van der Waals surface area (Å²) in [7, 11) is 2.47. The van der Waals surface area contributed by atoms with Gasteiger partial charge in [-0.05, 0) is 30.0 Å². The topological polar surface area (TPSA) is 32.3 Å². The maximum Gasteiger partial charge on any atom is 0.102 e. The van der Waals surface area contributed by atoms with Gasteiger partial charge in [-0.1, -0.05) is 24.3 Å². The predicted molar refractivity (Wildman–Crippen MR) is 92.3 cm³/mol. The van der Waals surface area contributed by atoms with E-state index in [9.17, 15) is 5.11 Å². The highest BCUT2D eigenvalue weighted by atomic mass is 127. The summed E-state index contributed by atoms with van der Waals surface area (Å²) in [4.78, 5) is 0. The number of allylic oxidation sites excluding steroid dienone is 1. The maximum absolute atomic E-state index is 10.3. The van der Waals surface area contributed by atoms with E-state index in [1.807, 2.05) is 0 Å². The Bertz CT molecular complexity index is 705. The first kappa shape index (κ1) is 16.9. The van der Waals surface area contributed by atoms with Crippen LogP contribution >= 0.6 is 0 Å². The van der Waals surface area contributed by atoms with Crippen molar-refractivity contribution in [3.8, 4) is 0 Å². The van der Waals surface area contributed by atoms with Crippen LogP contribution < -0.4 is 29.3 Å². The molecule has 2 N–H and O–H groups in total. The molecule has 6 atom stereocenters. The summed E-state index contributed by atoms with van der Waals surface area (Å²) >= 11 is 0. The molecule has 2 saturated heterocycles. The summed E-state index contributed by atoms with van der Waals surface area (Å²) in [5.41, 5.74) is 4.65. The van der Waals surface area contributed by atoms with Gasteiger partial charge in [0.1, 0.15) is 12.6 Å². The monoisotopic (exact) mass is 438 g/mol. The number of quaternary nitrogens is 1. The molecule has 1 spiro atoms. The Hall–Kier alpha value is -0.590. The lowest BCUT2D eigenvalue weighted by Gasteiger charge is -2.56. The molecule has 3 aliphatic heterocycles. The summed E-state index contributed by atoms with van der Waals surface area (Å²) in [5.74, 6) is 0.899. The molecule has 4 aliphatic rings. The van der Waals surface area contributed by atoms with Crippen molar-refractivity contribution in [2.24, 2.45) is 11.8 Å². The maximum atomic E-state index is 10.3. The van der Waals surface area contributed by atoms with Crippen LogP contribution in [-0.2, 0) is 5.41 Å². The number of rotatable bonds is 1. The fourth-order valence-electron chi connectivity index (χ4n) is 6.76. The van der Waals surface area contributed by atoms with E-state index in [2.05, 4.69) is 49.6 Å². The zero-order valence-corrected chi connectivity index (χ0v) is 16.7. The minimum absolute atomic E-state index is 0. The highest BCUT2D eigenvalue weighted by Gasteiger charge is 2.70. The fourth-order valence-corrected chi connectivity index (χ4v) is 6.76. The van der Waals surface area contributed by atoms with Crippen molar-refractivity contribution in [2.45, 2.75) is 37.3 Å². The molecular formula is C20H27IN2O. The number of aliphatic hydroxyl groups is 1. The third-order valence-electron chi connectivity index (χ3n) is 7.70. The van der Waals surface area contributed by atoms with Crippen molar-refractivity contribution in [3.63, 3.8) is 0 Å². The van der Waals surface area contributed by atoms with Gasteiger partial charge in [-0.25, -0.2) is 0 Å². The lowest BCUT2D eigenvalue weighted by atomic mass is 9.55. The van der Waals surface area contributed by atoms with Gasteiger partial charge in [0.25, 0.3) is 0 Å². The number of anilines is 1. The number of hydrogen-bond donors (Lipinski definition) is 2.